The van der Waals surface area contributed by atoms with Crippen LogP contribution in [0.1, 0.15) is 37.1 Å². The third-order valence-electron chi connectivity index (χ3n) is 5.06. The van der Waals surface area contributed by atoms with Gasteiger partial charge in [0.05, 0.1) is 13.2 Å². The summed E-state index contributed by atoms with van der Waals surface area (Å²) in [7, 11) is -4.96. The van der Waals surface area contributed by atoms with Crippen molar-refractivity contribution in [3.8, 4) is 5.75 Å². The van der Waals surface area contributed by atoms with E-state index >= 15 is 0 Å². The molecule has 1 aromatic rings. The number of primary amides is 1. The maximum Gasteiger partial charge on any atom is 0.418 e. The van der Waals surface area contributed by atoms with Crippen molar-refractivity contribution >= 4 is 22.3 Å². The van der Waals surface area contributed by atoms with Crippen molar-refractivity contribution in [2.45, 2.75) is 37.8 Å². The average molecular weight is 443 g/mol. The summed E-state index contributed by atoms with van der Waals surface area (Å²) in [6.45, 7) is 4.10. The van der Waals surface area contributed by atoms with Crippen LogP contribution in [0, 0.1) is 0 Å². The number of hydrogen-bond donors (Lipinski definition) is 2. The monoisotopic (exact) mass is 443 g/mol. The lowest BCUT2D eigenvalue weighted by Crippen LogP contribution is -2.41. The van der Waals surface area contributed by atoms with Gasteiger partial charge in [-0.15, -0.1) is 4.28 Å². The molecule has 1 unspecified atom stereocenters. The van der Waals surface area contributed by atoms with Crippen LogP contribution in [-0.2, 0) is 29.0 Å². The lowest BCUT2D eigenvalue weighted by Gasteiger charge is -2.31. The molecule has 0 aromatic heterocycles. The van der Waals surface area contributed by atoms with Crippen LogP contribution in [0.2, 0.25) is 0 Å². The minimum atomic E-state index is -4.96. The largest absolute Gasteiger partial charge is 0.491 e. The smallest absolute Gasteiger partial charge is 0.418 e. The molecule has 1 aromatic carbocycles. The van der Waals surface area contributed by atoms with Crippen LogP contribution < -0.4 is 10.5 Å². The van der Waals surface area contributed by atoms with E-state index in [-0.39, 0.29) is 19.3 Å². The second-order valence-corrected chi connectivity index (χ2v) is 8.64. The number of fused-ring (bicyclic) bond motifs is 4. The van der Waals surface area contributed by atoms with Crippen LogP contribution in [0.3, 0.4) is 0 Å². The molecule has 30 heavy (non-hydrogen) atoms. The summed E-state index contributed by atoms with van der Waals surface area (Å²) in [5.41, 5.74) is 6.33. The van der Waals surface area contributed by atoms with Gasteiger partial charge in [-0.2, -0.15) is 13.5 Å². The topological polar surface area (TPSA) is 158 Å². The molecule has 3 heterocycles. The fourth-order valence-corrected chi connectivity index (χ4v) is 4.28. The van der Waals surface area contributed by atoms with Crippen LogP contribution in [-0.4, -0.2) is 66.5 Å². The van der Waals surface area contributed by atoms with E-state index in [9.17, 15) is 18.0 Å². The number of amides is 3. The highest BCUT2D eigenvalue weighted by atomic mass is 32.3. The Morgan fingerprint density at radius 1 is 1.37 bits per heavy atom. The van der Waals surface area contributed by atoms with Gasteiger partial charge in [-0.05, 0) is 37.1 Å². The molecule has 3 atom stereocenters. The Kier molecular flexibility index (Phi) is 4.90. The number of hydroxylamine groups is 2. The summed E-state index contributed by atoms with van der Waals surface area (Å²) >= 11 is 0. The number of nitrogens with two attached hydrogens (primary N) is 1. The predicted octanol–water partition coefficient (Wildman–Crippen LogP) is 0.270. The van der Waals surface area contributed by atoms with Crippen molar-refractivity contribution in [2.75, 3.05) is 19.8 Å². The molecule has 2 fully saturated rings. The maximum atomic E-state index is 12.6. The van der Waals surface area contributed by atoms with E-state index < -0.39 is 40.2 Å². The number of urea groups is 1. The molecular weight excluding hydrogens is 422 g/mol. The van der Waals surface area contributed by atoms with Gasteiger partial charge in [0, 0.05) is 0 Å². The second-order valence-electron chi connectivity index (χ2n) is 7.64. The summed E-state index contributed by atoms with van der Waals surface area (Å²) in [5, 5.41) is 0.511. The molecular formula is C17H21N3O9S. The van der Waals surface area contributed by atoms with Crippen LogP contribution in [0.25, 0.3) is 0 Å². The molecule has 2 bridgehead atoms. The minimum Gasteiger partial charge on any atom is -0.491 e. The van der Waals surface area contributed by atoms with Crippen molar-refractivity contribution < 1.29 is 41.1 Å². The Hall–Kier alpha value is -2.45. The van der Waals surface area contributed by atoms with E-state index in [1.54, 1.807) is 32.0 Å². The first-order valence-electron chi connectivity index (χ1n) is 9.10. The Morgan fingerprint density at radius 3 is 2.70 bits per heavy atom. The molecule has 2 saturated heterocycles. The SMILES string of the molecule is CC1(C)OCC(COc2ccc3c(c2)[C@@H]2CN(C(=O)N2OS(=O)(=O)O)[C@H]3C(N)=O)O1. The highest BCUT2D eigenvalue weighted by molar-refractivity contribution is 7.80. The Labute approximate surface area is 172 Å². The third-order valence-corrected chi connectivity index (χ3v) is 5.41. The lowest BCUT2D eigenvalue weighted by molar-refractivity contribution is -0.141. The number of nitrogens with zero attached hydrogens (tertiary/aromatic N) is 2. The standard InChI is InChI=1S/C17H21N3O9S/c1-17(2)27-8-10(28-17)7-26-9-3-4-11-12(5-9)13-6-19(14(11)15(18)21)16(22)20(13)29-30(23,24)25/h3-5,10,13-14H,6-8H2,1-2H3,(H2,18,21)(H,23,24,25)/t10?,13-,14+/m0/s1. The number of carbonyl (C=O) groups is 2. The highest BCUT2D eigenvalue weighted by Gasteiger charge is 2.51. The Balaban J connectivity index is 1.62. The van der Waals surface area contributed by atoms with Gasteiger partial charge in [0.2, 0.25) is 5.91 Å². The van der Waals surface area contributed by atoms with E-state index in [0.29, 0.717) is 28.5 Å². The van der Waals surface area contributed by atoms with Gasteiger partial charge in [-0.1, -0.05) is 6.07 Å². The summed E-state index contributed by atoms with van der Waals surface area (Å²) in [6.07, 6.45) is -0.280. The molecule has 0 spiro atoms. The van der Waals surface area contributed by atoms with E-state index in [2.05, 4.69) is 4.28 Å². The molecule has 13 heteroatoms. The van der Waals surface area contributed by atoms with E-state index in [4.69, 9.17) is 24.5 Å². The number of hydrogen-bond acceptors (Lipinski definition) is 8. The zero-order valence-corrected chi connectivity index (χ0v) is 17.0. The maximum absolute atomic E-state index is 12.6. The van der Waals surface area contributed by atoms with Gasteiger partial charge >= 0.3 is 16.4 Å². The van der Waals surface area contributed by atoms with Gasteiger partial charge in [0.15, 0.2) is 5.79 Å². The number of benzene rings is 1. The second kappa shape index (κ2) is 7.06. The molecule has 3 amide bonds. The minimum absolute atomic E-state index is 0.0494. The van der Waals surface area contributed by atoms with Crippen LogP contribution >= 0.6 is 0 Å². The molecule has 164 valence electrons. The van der Waals surface area contributed by atoms with Gasteiger partial charge in [0.25, 0.3) is 0 Å². The van der Waals surface area contributed by atoms with E-state index in [0.717, 1.165) is 4.90 Å². The summed E-state index contributed by atoms with van der Waals surface area (Å²) in [4.78, 5) is 25.7. The molecule has 0 radical (unpaired) electrons. The van der Waals surface area contributed by atoms with Crippen LogP contribution in [0.15, 0.2) is 18.2 Å². The summed E-state index contributed by atoms with van der Waals surface area (Å²) < 4.78 is 52.8. The van der Waals surface area contributed by atoms with Crippen LogP contribution in [0.4, 0.5) is 4.79 Å². The molecule has 3 aliphatic rings. The normalized spacial score (nSPS) is 27.3. The first-order chi connectivity index (χ1) is 14.0. The highest BCUT2D eigenvalue weighted by Crippen LogP contribution is 2.45. The molecule has 12 nitrogen and oxygen atoms in total. The number of carbonyl (C=O) groups excluding carboxylic acids is 2. The van der Waals surface area contributed by atoms with Crippen molar-refractivity contribution in [2.24, 2.45) is 5.73 Å². The number of rotatable bonds is 6. The van der Waals surface area contributed by atoms with Gasteiger partial charge < -0.3 is 24.8 Å². The van der Waals surface area contributed by atoms with Crippen molar-refractivity contribution in [1.29, 1.82) is 0 Å². The zero-order chi connectivity index (χ0) is 21.8. The van der Waals surface area contributed by atoms with Gasteiger partial charge in [-0.25, -0.2) is 4.79 Å². The van der Waals surface area contributed by atoms with E-state index in [1.807, 2.05) is 0 Å². The number of ether oxygens (including phenoxy) is 3. The van der Waals surface area contributed by atoms with E-state index in [1.165, 1.54) is 0 Å². The molecule has 4 rings (SSSR count). The Morgan fingerprint density at radius 2 is 2.10 bits per heavy atom. The van der Waals surface area contributed by atoms with Crippen molar-refractivity contribution in [3.63, 3.8) is 0 Å². The quantitative estimate of drug-likeness (QED) is 0.589. The lowest BCUT2D eigenvalue weighted by atomic mass is 9.90. The average Bonchev–Trinajstić information content (AvgIpc) is 3.11. The molecule has 0 aliphatic carbocycles. The predicted molar refractivity (Wildman–Crippen MR) is 98.1 cm³/mol. The third kappa shape index (κ3) is 3.81. The summed E-state index contributed by atoms with van der Waals surface area (Å²) in [5.74, 6) is -1.08. The molecule has 3 aliphatic heterocycles. The van der Waals surface area contributed by atoms with Gasteiger partial charge in [-0.3, -0.25) is 9.35 Å². The van der Waals surface area contributed by atoms with Crippen molar-refractivity contribution in [3.05, 3.63) is 29.3 Å². The first-order valence-corrected chi connectivity index (χ1v) is 10.5. The fraction of sp³-hybridized carbons (Fsp3) is 0.529. The molecule has 0 saturated carbocycles. The Bertz CT molecular complexity index is 996. The first kappa shape index (κ1) is 20.8. The molecule has 3 N–H and O–H groups in total. The zero-order valence-electron chi connectivity index (χ0n) is 16.2. The summed E-state index contributed by atoms with van der Waals surface area (Å²) in [6, 6.07) is 1.87. The fourth-order valence-electron chi connectivity index (χ4n) is 3.91. The van der Waals surface area contributed by atoms with Gasteiger partial charge in [0.1, 0.15) is 30.5 Å². The van der Waals surface area contributed by atoms with Crippen LogP contribution in [0.5, 0.6) is 5.75 Å². The van der Waals surface area contributed by atoms with Crippen molar-refractivity contribution in [1.82, 2.24) is 9.96 Å².